The van der Waals surface area contributed by atoms with Gasteiger partial charge in [0.1, 0.15) is 5.82 Å². The van der Waals surface area contributed by atoms with E-state index < -0.39 is 28.0 Å². The van der Waals surface area contributed by atoms with Crippen LogP contribution in [0.3, 0.4) is 0 Å². The highest BCUT2D eigenvalue weighted by Gasteiger charge is 2.35. The second-order valence-electron chi connectivity index (χ2n) is 8.16. The Morgan fingerprint density at radius 2 is 1.77 bits per heavy atom. The molecule has 0 saturated carbocycles. The van der Waals surface area contributed by atoms with E-state index in [9.17, 15) is 18.0 Å². The van der Waals surface area contributed by atoms with Gasteiger partial charge in [0.05, 0.1) is 5.92 Å². The van der Waals surface area contributed by atoms with Crippen molar-refractivity contribution in [2.45, 2.75) is 51.7 Å². The SMILES string of the molecule is Cc1ccc(C(=O)C(C)OC(=O)C2CCN(S(=O)(=O)c3cn(C)c(C)n3)CC2)cc1C. The van der Waals surface area contributed by atoms with Crippen LogP contribution in [0.2, 0.25) is 0 Å². The number of sulfonamides is 1. The van der Waals surface area contributed by atoms with Crippen molar-refractivity contribution in [3.05, 3.63) is 46.9 Å². The number of carbonyl (C=O) groups excluding carboxylic acids is 2. The monoisotopic (exact) mass is 447 g/mol. The topological polar surface area (TPSA) is 98.6 Å². The third-order valence-corrected chi connectivity index (χ3v) is 7.70. The predicted molar refractivity (Wildman–Crippen MR) is 115 cm³/mol. The number of benzene rings is 1. The third kappa shape index (κ3) is 4.88. The molecule has 0 N–H and O–H groups in total. The minimum Gasteiger partial charge on any atom is -0.454 e. The molecule has 8 nitrogen and oxygen atoms in total. The quantitative estimate of drug-likeness (QED) is 0.499. The van der Waals surface area contributed by atoms with Crippen molar-refractivity contribution in [1.29, 1.82) is 0 Å². The van der Waals surface area contributed by atoms with Gasteiger partial charge in [-0.25, -0.2) is 13.4 Å². The molecular formula is C22H29N3O5S. The molecule has 1 fully saturated rings. The minimum atomic E-state index is -3.70. The predicted octanol–water partition coefficient (Wildman–Crippen LogP) is 2.56. The van der Waals surface area contributed by atoms with E-state index in [-0.39, 0.29) is 23.9 Å². The van der Waals surface area contributed by atoms with Crippen molar-refractivity contribution < 1.29 is 22.7 Å². The van der Waals surface area contributed by atoms with Crippen LogP contribution < -0.4 is 0 Å². The number of carbonyl (C=O) groups is 2. The summed E-state index contributed by atoms with van der Waals surface area (Å²) in [5.41, 5.74) is 2.60. The number of aryl methyl sites for hydroxylation is 4. The lowest BCUT2D eigenvalue weighted by molar-refractivity contribution is -0.152. The summed E-state index contributed by atoms with van der Waals surface area (Å²) >= 11 is 0. The molecule has 31 heavy (non-hydrogen) atoms. The number of Topliss-reactive ketones (excluding diaryl/α,β-unsaturated/α-hetero) is 1. The maximum absolute atomic E-state index is 12.8. The van der Waals surface area contributed by atoms with Crippen molar-refractivity contribution in [3.8, 4) is 0 Å². The van der Waals surface area contributed by atoms with Crippen LogP contribution in [0.25, 0.3) is 0 Å². The molecule has 2 aromatic rings. The van der Waals surface area contributed by atoms with Gasteiger partial charge in [0.15, 0.2) is 11.1 Å². The van der Waals surface area contributed by atoms with Gasteiger partial charge >= 0.3 is 5.97 Å². The summed E-state index contributed by atoms with van der Waals surface area (Å²) in [4.78, 5) is 29.3. The lowest BCUT2D eigenvalue weighted by atomic mass is 9.98. The molecule has 3 rings (SSSR count). The Morgan fingerprint density at radius 1 is 1.13 bits per heavy atom. The smallest absolute Gasteiger partial charge is 0.309 e. The van der Waals surface area contributed by atoms with Crippen LogP contribution in [-0.4, -0.2) is 53.2 Å². The maximum atomic E-state index is 12.8. The molecule has 1 aromatic carbocycles. The fourth-order valence-corrected chi connectivity index (χ4v) is 5.06. The highest BCUT2D eigenvalue weighted by atomic mass is 32.2. The summed E-state index contributed by atoms with van der Waals surface area (Å²) in [6, 6.07) is 5.40. The second kappa shape index (κ2) is 8.92. The van der Waals surface area contributed by atoms with Gasteiger partial charge in [0, 0.05) is 31.9 Å². The minimum absolute atomic E-state index is 0.0149. The van der Waals surface area contributed by atoms with Crippen molar-refractivity contribution >= 4 is 21.8 Å². The van der Waals surface area contributed by atoms with E-state index >= 15 is 0 Å². The number of nitrogens with zero attached hydrogens (tertiary/aromatic N) is 3. The lowest BCUT2D eigenvalue weighted by Gasteiger charge is -2.30. The molecule has 1 aliphatic heterocycles. The van der Waals surface area contributed by atoms with Crippen molar-refractivity contribution in [3.63, 3.8) is 0 Å². The standard InChI is InChI=1S/C22H29N3O5S/c1-14-6-7-19(12-15(14)2)21(26)16(3)30-22(27)18-8-10-25(11-9-18)31(28,29)20-13-24(5)17(4)23-20/h6-7,12-13,16,18H,8-11H2,1-5H3. The van der Waals surface area contributed by atoms with Crippen LogP contribution in [0.1, 0.15) is 47.1 Å². The lowest BCUT2D eigenvalue weighted by Crippen LogP contribution is -2.41. The van der Waals surface area contributed by atoms with E-state index in [1.807, 2.05) is 19.9 Å². The van der Waals surface area contributed by atoms with Crippen LogP contribution in [0.4, 0.5) is 0 Å². The number of hydrogen-bond acceptors (Lipinski definition) is 6. The zero-order valence-electron chi connectivity index (χ0n) is 18.6. The molecule has 1 aromatic heterocycles. The highest BCUT2D eigenvalue weighted by Crippen LogP contribution is 2.25. The van der Waals surface area contributed by atoms with E-state index in [2.05, 4.69) is 4.98 Å². The molecular weight excluding hydrogens is 418 g/mol. The second-order valence-corrected chi connectivity index (χ2v) is 10.0. The zero-order valence-corrected chi connectivity index (χ0v) is 19.4. The van der Waals surface area contributed by atoms with E-state index in [0.717, 1.165) is 11.1 Å². The Labute approximate surface area is 183 Å². The Balaban J connectivity index is 1.58. The third-order valence-electron chi connectivity index (χ3n) is 5.93. The van der Waals surface area contributed by atoms with Crippen LogP contribution in [0.15, 0.2) is 29.4 Å². The molecule has 1 unspecified atom stereocenters. The molecule has 0 spiro atoms. The highest BCUT2D eigenvalue weighted by molar-refractivity contribution is 7.89. The van der Waals surface area contributed by atoms with Crippen LogP contribution in [0.5, 0.6) is 0 Å². The van der Waals surface area contributed by atoms with Gasteiger partial charge in [0.25, 0.3) is 10.0 Å². The number of ketones is 1. The average Bonchev–Trinajstić information content (AvgIpc) is 3.08. The van der Waals surface area contributed by atoms with E-state index in [1.54, 1.807) is 37.6 Å². The van der Waals surface area contributed by atoms with Gasteiger partial charge in [-0.1, -0.05) is 12.1 Å². The molecule has 0 aliphatic carbocycles. The Morgan fingerprint density at radius 3 is 2.32 bits per heavy atom. The van der Waals surface area contributed by atoms with Gasteiger partial charge in [-0.05, 0) is 57.7 Å². The van der Waals surface area contributed by atoms with Crippen molar-refractivity contribution in [1.82, 2.24) is 13.9 Å². The Hall–Kier alpha value is -2.52. The van der Waals surface area contributed by atoms with E-state index in [4.69, 9.17) is 4.74 Å². The summed E-state index contributed by atoms with van der Waals surface area (Å²) in [5, 5.41) is 0.0149. The summed E-state index contributed by atoms with van der Waals surface area (Å²) in [7, 11) is -1.96. The molecule has 168 valence electrons. The molecule has 2 heterocycles. The molecule has 0 bridgehead atoms. The van der Waals surface area contributed by atoms with E-state index in [0.29, 0.717) is 24.2 Å². The van der Waals surface area contributed by atoms with Gasteiger partial charge < -0.3 is 9.30 Å². The van der Waals surface area contributed by atoms with Crippen LogP contribution >= 0.6 is 0 Å². The Bertz CT molecular complexity index is 1080. The first-order chi connectivity index (χ1) is 14.5. The number of aromatic nitrogens is 2. The van der Waals surface area contributed by atoms with Gasteiger partial charge in [0.2, 0.25) is 5.78 Å². The number of hydrogen-bond donors (Lipinski definition) is 0. The first-order valence-corrected chi connectivity index (χ1v) is 11.8. The molecule has 1 saturated heterocycles. The molecule has 9 heteroatoms. The van der Waals surface area contributed by atoms with E-state index in [1.165, 1.54) is 10.5 Å². The van der Waals surface area contributed by atoms with Crippen molar-refractivity contribution in [2.75, 3.05) is 13.1 Å². The number of ether oxygens (including phenoxy) is 1. The summed E-state index contributed by atoms with van der Waals surface area (Å²) in [6.07, 6.45) is 1.28. The maximum Gasteiger partial charge on any atom is 0.309 e. The summed E-state index contributed by atoms with van der Waals surface area (Å²) in [5.74, 6) is -0.538. The number of piperidine rings is 1. The first kappa shape index (κ1) is 23.1. The summed E-state index contributed by atoms with van der Waals surface area (Å²) < 4.78 is 34.0. The van der Waals surface area contributed by atoms with Gasteiger partial charge in [-0.2, -0.15) is 4.31 Å². The molecule has 1 aliphatic rings. The fourth-order valence-electron chi connectivity index (χ4n) is 3.57. The van der Waals surface area contributed by atoms with Gasteiger partial charge in [-0.15, -0.1) is 0 Å². The van der Waals surface area contributed by atoms with Crippen LogP contribution in [0, 0.1) is 26.7 Å². The number of rotatable bonds is 6. The normalized spacial score (nSPS) is 16.8. The first-order valence-electron chi connectivity index (χ1n) is 10.3. The Kier molecular flexibility index (Phi) is 6.66. The molecule has 0 amide bonds. The summed E-state index contributed by atoms with van der Waals surface area (Å²) in [6.45, 7) is 7.61. The van der Waals surface area contributed by atoms with Crippen LogP contribution in [-0.2, 0) is 26.6 Å². The molecule has 0 radical (unpaired) electrons. The zero-order chi connectivity index (χ0) is 22.9. The molecule has 1 atom stereocenters. The number of imidazole rings is 1. The average molecular weight is 448 g/mol. The fraction of sp³-hybridized carbons (Fsp3) is 0.500. The van der Waals surface area contributed by atoms with Gasteiger partial charge in [-0.3, -0.25) is 9.59 Å². The largest absolute Gasteiger partial charge is 0.454 e. The van der Waals surface area contributed by atoms with Crippen molar-refractivity contribution in [2.24, 2.45) is 13.0 Å². The number of esters is 1.